The van der Waals surface area contributed by atoms with Crippen molar-refractivity contribution in [3.05, 3.63) is 51.9 Å². The van der Waals surface area contributed by atoms with Gasteiger partial charge in [0.15, 0.2) is 0 Å². The van der Waals surface area contributed by atoms with Gasteiger partial charge in [-0.1, -0.05) is 39.0 Å². The summed E-state index contributed by atoms with van der Waals surface area (Å²) in [5.74, 6) is 0.534. The molecule has 28 heavy (non-hydrogen) atoms. The number of hydrogen-bond acceptors (Lipinski definition) is 3. The quantitative estimate of drug-likeness (QED) is 0.680. The maximum atomic E-state index is 13.5. The molecule has 0 bridgehead atoms. The molecule has 0 saturated carbocycles. The van der Waals surface area contributed by atoms with Crippen molar-refractivity contribution >= 4 is 28.2 Å². The Morgan fingerprint density at radius 1 is 1.14 bits per heavy atom. The van der Waals surface area contributed by atoms with Crippen molar-refractivity contribution in [3.8, 4) is 0 Å². The lowest BCUT2D eigenvalue weighted by molar-refractivity contribution is 0.0755. The van der Waals surface area contributed by atoms with E-state index in [2.05, 4.69) is 26.1 Å². The largest absolute Gasteiger partial charge is 0.339 e. The molecule has 2 amide bonds. The van der Waals surface area contributed by atoms with Crippen molar-refractivity contribution < 1.29 is 9.59 Å². The number of rotatable bonds is 7. The average molecular weight is 399 g/mol. The van der Waals surface area contributed by atoms with Gasteiger partial charge in [-0.2, -0.15) is 0 Å². The van der Waals surface area contributed by atoms with E-state index < -0.39 is 0 Å². The first-order valence-electron chi connectivity index (χ1n) is 10.3. The van der Waals surface area contributed by atoms with Gasteiger partial charge >= 0.3 is 0 Å². The van der Waals surface area contributed by atoms with Crippen molar-refractivity contribution in [1.82, 2.24) is 4.90 Å². The van der Waals surface area contributed by atoms with E-state index in [9.17, 15) is 9.59 Å². The van der Waals surface area contributed by atoms with Crippen LogP contribution in [0.4, 0.5) is 5.00 Å². The number of nitrogens with zero attached hydrogens (tertiary/aromatic N) is 1. The van der Waals surface area contributed by atoms with Gasteiger partial charge in [-0.25, -0.2) is 0 Å². The number of fused-ring (bicyclic) bond motifs is 1. The third kappa shape index (κ3) is 4.46. The van der Waals surface area contributed by atoms with Gasteiger partial charge in [0.25, 0.3) is 11.8 Å². The van der Waals surface area contributed by atoms with E-state index in [0.29, 0.717) is 11.5 Å². The van der Waals surface area contributed by atoms with Gasteiger partial charge < -0.3 is 10.2 Å². The predicted octanol–water partition coefficient (Wildman–Crippen LogP) is 5.39. The standard InChI is InChI=1S/C23H30N2O2S/c1-4-13-25(14-5-2)23(27)20-18-12-11-16(3)15-19(18)28-22(20)24-21(26)17-9-7-6-8-10-17/h6-10,16H,4-5,11-15H2,1-3H3,(H,24,26)/t16-/m1/s1. The van der Waals surface area contributed by atoms with Crippen molar-refractivity contribution in [2.45, 2.75) is 52.9 Å². The molecule has 4 nitrogen and oxygen atoms in total. The van der Waals surface area contributed by atoms with Crippen LogP contribution in [0.1, 0.15) is 71.2 Å². The fraction of sp³-hybridized carbons (Fsp3) is 0.478. The molecule has 1 N–H and O–H groups in total. The zero-order valence-corrected chi connectivity index (χ0v) is 17.9. The second-order valence-electron chi connectivity index (χ2n) is 7.67. The van der Waals surface area contributed by atoms with Crippen LogP contribution in [0.15, 0.2) is 30.3 Å². The van der Waals surface area contributed by atoms with E-state index in [1.165, 1.54) is 4.88 Å². The van der Waals surface area contributed by atoms with E-state index in [-0.39, 0.29) is 11.8 Å². The molecule has 1 heterocycles. The van der Waals surface area contributed by atoms with Gasteiger partial charge in [0, 0.05) is 23.5 Å². The Bertz CT molecular complexity index is 823. The second kappa shape index (κ2) is 9.37. The third-order valence-corrected chi connectivity index (χ3v) is 6.43. The summed E-state index contributed by atoms with van der Waals surface area (Å²) in [5.41, 5.74) is 2.51. The van der Waals surface area contributed by atoms with Crippen molar-refractivity contribution in [2.75, 3.05) is 18.4 Å². The lowest BCUT2D eigenvalue weighted by Gasteiger charge is -2.24. The molecular weight excluding hydrogens is 368 g/mol. The van der Waals surface area contributed by atoms with Crippen LogP contribution in [0.5, 0.6) is 0 Å². The molecule has 3 rings (SSSR count). The second-order valence-corrected chi connectivity index (χ2v) is 8.77. The van der Waals surface area contributed by atoms with Crippen LogP contribution in [-0.2, 0) is 12.8 Å². The summed E-state index contributed by atoms with van der Waals surface area (Å²) in [6.07, 6.45) is 4.86. The summed E-state index contributed by atoms with van der Waals surface area (Å²) in [4.78, 5) is 29.4. The molecule has 5 heteroatoms. The summed E-state index contributed by atoms with van der Waals surface area (Å²) in [6, 6.07) is 9.20. The van der Waals surface area contributed by atoms with Gasteiger partial charge in [-0.3, -0.25) is 9.59 Å². The minimum atomic E-state index is -0.154. The summed E-state index contributed by atoms with van der Waals surface area (Å²) < 4.78 is 0. The lowest BCUT2D eigenvalue weighted by atomic mass is 9.88. The molecule has 150 valence electrons. The third-order valence-electron chi connectivity index (χ3n) is 5.26. The highest BCUT2D eigenvalue weighted by atomic mass is 32.1. The smallest absolute Gasteiger partial charge is 0.257 e. The minimum Gasteiger partial charge on any atom is -0.339 e. The molecule has 0 spiro atoms. The molecule has 0 aliphatic heterocycles. The van der Waals surface area contributed by atoms with Gasteiger partial charge in [-0.15, -0.1) is 11.3 Å². The molecule has 1 aliphatic carbocycles. The summed E-state index contributed by atoms with van der Waals surface area (Å²) in [6.45, 7) is 7.95. The van der Waals surface area contributed by atoms with Crippen LogP contribution in [0.25, 0.3) is 0 Å². The minimum absolute atomic E-state index is 0.0686. The first kappa shape index (κ1) is 20.6. The van der Waals surface area contributed by atoms with Gasteiger partial charge in [0.2, 0.25) is 0 Å². The van der Waals surface area contributed by atoms with Crippen LogP contribution < -0.4 is 5.32 Å². The van der Waals surface area contributed by atoms with Crippen LogP contribution in [0.2, 0.25) is 0 Å². The Balaban J connectivity index is 1.97. The predicted molar refractivity (Wildman–Crippen MR) is 116 cm³/mol. The molecule has 1 atom stereocenters. The lowest BCUT2D eigenvalue weighted by Crippen LogP contribution is -2.33. The van der Waals surface area contributed by atoms with E-state index in [4.69, 9.17) is 0 Å². The Morgan fingerprint density at radius 2 is 1.82 bits per heavy atom. The first-order chi connectivity index (χ1) is 13.5. The molecule has 0 saturated heterocycles. The topological polar surface area (TPSA) is 49.4 Å². The number of benzene rings is 1. The van der Waals surface area contributed by atoms with Gasteiger partial charge in [-0.05, 0) is 55.7 Å². The average Bonchev–Trinajstić information content (AvgIpc) is 3.04. The fourth-order valence-corrected chi connectivity index (χ4v) is 5.24. The molecule has 0 fully saturated rings. The summed E-state index contributed by atoms with van der Waals surface area (Å²) in [7, 11) is 0. The molecule has 0 unspecified atom stereocenters. The number of nitrogens with one attached hydrogen (secondary N) is 1. The Hall–Kier alpha value is -2.14. The highest BCUT2D eigenvalue weighted by Crippen LogP contribution is 2.40. The number of amides is 2. The fourth-order valence-electron chi connectivity index (χ4n) is 3.84. The van der Waals surface area contributed by atoms with Crippen molar-refractivity contribution in [3.63, 3.8) is 0 Å². The molecule has 1 aromatic heterocycles. The number of anilines is 1. The van der Waals surface area contributed by atoms with Crippen LogP contribution in [0.3, 0.4) is 0 Å². The maximum Gasteiger partial charge on any atom is 0.257 e. The highest BCUT2D eigenvalue weighted by Gasteiger charge is 2.30. The van der Waals surface area contributed by atoms with Crippen LogP contribution in [0, 0.1) is 5.92 Å². The number of carbonyl (C=O) groups excluding carboxylic acids is 2. The maximum absolute atomic E-state index is 13.5. The Kier molecular flexibility index (Phi) is 6.89. The molecule has 0 radical (unpaired) electrons. The number of thiophene rings is 1. The molecule has 1 aromatic carbocycles. The summed E-state index contributed by atoms with van der Waals surface area (Å²) in [5, 5.41) is 3.77. The van der Waals surface area contributed by atoms with E-state index >= 15 is 0 Å². The SMILES string of the molecule is CCCN(CCC)C(=O)c1c(NC(=O)c2ccccc2)sc2c1CC[C@@H](C)C2. The first-order valence-corrected chi connectivity index (χ1v) is 11.2. The van der Waals surface area contributed by atoms with E-state index in [1.807, 2.05) is 23.1 Å². The normalized spacial score (nSPS) is 15.8. The van der Waals surface area contributed by atoms with E-state index in [1.54, 1.807) is 23.5 Å². The van der Waals surface area contributed by atoms with Crippen LogP contribution >= 0.6 is 11.3 Å². The van der Waals surface area contributed by atoms with E-state index in [0.717, 1.165) is 61.3 Å². The van der Waals surface area contributed by atoms with Crippen molar-refractivity contribution in [2.24, 2.45) is 5.92 Å². The Labute approximate surface area is 172 Å². The van der Waals surface area contributed by atoms with Gasteiger partial charge in [0.1, 0.15) is 5.00 Å². The Morgan fingerprint density at radius 3 is 2.46 bits per heavy atom. The van der Waals surface area contributed by atoms with Crippen LogP contribution in [-0.4, -0.2) is 29.8 Å². The zero-order valence-electron chi connectivity index (χ0n) is 17.1. The molecular formula is C23H30N2O2S. The summed E-state index contributed by atoms with van der Waals surface area (Å²) >= 11 is 1.59. The number of hydrogen-bond donors (Lipinski definition) is 1. The molecule has 2 aromatic rings. The monoisotopic (exact) mass is 398 g/mol. The number of carbonyl (C=O) groups is 2. The van der Waals surface area contributed by atoms with Crippen molar-refractivity contribution in [1.29, 1.82) is 0 Å². The molecule has 1 aliphatic rings. The highest BCUT2D eigenvalue weighted by molar-refractivity contribution is 7.17. The van der Waals surface area contributed by atoms with Gasteiger partial charge in [0.05, 0.1) is 5.56 Å². The zero-order chi connectivity index (χ0) is 20.1.